The summed E-state index contributed by atoms with van der Waals surface area (Å²) in [5.41, 5.74) is 2.14. The highest BCUT2D eigenvalue weighted by molar-refractivity contribution is 5.82. The van der Waals surface area contributed by atoms with Gasteiger partial charge in [-0.2, -0.15) is 4.98 Å². The average Bonchev–Trinajstić information content (AvgIpc) is 3.12. The van der Waals surface area contributed by atoms with Crippen molar-refractivity contribution in [1.29, 1.82) is 0 Å². The lowest BCUT2D eigenvalue weighted by molar-refractivity contribution is -0.0241. The number of nitrogens with zero attached hydrogens (tertiary/aromatic N) is 3. The zero-order valence-corrected chi connectivity index (χ0v) is 13.3. The van der Waals surface area contributed by atoms with Crippen LogP contribution < -0.4 is 0 Å². The van der Waals surface area contributed by atoms with Gasteiger partial charge in [-0.25, -0.2) is 0 Å². The third kappa shape index (κ3) is 2.64. The van der Waals surface area contributed by atoms with Gasteiger partial charge in [0.2, 0.25) is 5.89 Å². The van der Waals surface area contributed by atoms with Crippen molar-refractivity contribution in [3.8, 4) is 0 Å². The van der Waals surface area contributed by atoms with Gasteiger partial charge in [-0.15, -0.1) is 0 Å². The highest BCUT2D eigenvalue weighted by Crippen LogP contribution is 2.30. The van der Waals surface area contributed by atoms with E-state index in [0.717, 1.165) is 29.8 Å². The van der Waals surface area contributed by atoms with Crippen LogP contribution in [0.4, 0.5) is 0 Å². The van der Waals surface area contributed by atoms with Crippen LogP contribution >= 0.6 is 0 Å². The predicted octanol–water partition coefficient (Wildman–Crippen LogP) is 3.01. The van der Waals surface area contributed by atoms with Crippen LogP contribution in [-0.2, 0) is 11.3 Å². The lowest BCUT2D eigenvalue weighted by atomic mass is 10.1. The number of hydrogen-bond acceptors (Lipinski definition) is 6. The van der Waals surface area contributed by atoms with Crippen LogP contribution in [0.25, 0.3) is 11.0 Å². The number of morpholine rings is 1. The Bertz CT molecular complexity index is 823. The predicted molar refractivity (Wildman–Crippen MR) is 84.0 cm³/mol. The van der Waals surface area contributed by atoms with Gasteiger partial charge in [-0.3, -0.25) is 4.90 Å². The first kappa shape index (κ1) is 14.4. The molecule has 0 N–H and O–H groups in total. The summed E-state index contributed by atoms with van der Waals surface area (Å²) in [7, 11) is 0. The molecule has 1 aromatic carbocycles. The second-order valence-electron chi connectivity index (χ2n) is 5.87. The van der Waals surface area contributed by atoms with Gasteiger partial charge in [0.15, 0.2) is 5.82 Å². The molecule has 3 aromatic rings. The molecular formula is C17H19N3O3. The molecule has 0 bridgehead atoms. The topological polar surface area (TPSA) is 64.5 Å². The number of hydrogen-bond donors (Lipinski definition) is 0. The Balaban J connectivity index is 1.66. The van der Waals surface area contributed by atoms with Crippen LogP contribution in [0.3, 0.4) is 0 Å². The van der Waals surface area contributed by atoms with Gasteiger partial charge in [-0.05, 0) is 19.9 Å². The minimum atomic E-state index is -0.0157. The molecule has 0 saturated carbocycles. The van der Waals surface area contributed by atoms with Crippen molar-refractivity contribution < 1.29 is 13.7 Å². The van der Waals surface area contributed by atoms with E-state index in [1.807, 2.05) is 32.0 Å². The largest absolute Gasteiger partial charge is 0.461 e. The quantitative estimate of drug-likeness (QED) is 0.740. The molecule has 1 fully saturated rings. The van der Waals surface area contributed by atoms with Gasteiger partial charge in [0.1, 0.15) is 17.4 Å². The molecule has 0 spiro atoms. The zero-order chi connectivity index (χ0) is 15.8. The first-order chi connectivity index (χ1) is 11.2. The van der Waals surface area contributed by atoms with Crippen molar-refractivity contribution in [2.45, 2.75) is 26.4 Å². The molecular weight excluding hydrogens is 294 g/mol. The van der Waals surface area contributed by atoms with Gasteiger partial charge >= 0.3 is 0 Å². The van der Waals surface area contributed by atoms with E-state index in [-0.39, 0.29) is 6.04 Å². The Morgan fingerprint density at radius 1 is 1.26 bits per heavy atom. The van der Waals surface area contributed by atoms with Gasteiger partial charge in [0.25, 0.3) is 0 Å². The first-order valence-electron chi connectivity index (χ1n) is 7.81. The standard InChI is InChI=1S/C17H19N3O3/c1-11-14(13-5-3-4-6-16(13)22-11)9-20-7-8-21-10-15(20)17-18-12(2)19-23-17/h3-6,15H,7-10H2,1-2H3/t15-/m1/s1. The maximum absolute atomic E-state index is 5.88. The fourth-order valence-corrected chi connectivity index (χ4v) is 3.12. The normalized spacial score (nSPS) is 19.5. The molecule has 120 valence electrons. The van der Waals surface area contributed by atoms with E-state index in [4.69, 9.17) is 13.7 Å². The number of fused-ring (bicyclic) bond motifs is 1. The molecule has 0 amide bonds. The maximum atomic E-state index is 5.88. The lowest BCUT2D eigenvalue weighted by Crippen LogP contribution is -2.39. The van der Waals surface area contributed by atoms with E-state index in [9.17, 15) is 0 Å². The molecule has 0 aliphatic carbocycles. The van der Waals surface area contributed by atoms with E-state index < -0.39 is 0 Å². The van der Waals surface area contributed by atoms with Gasteiger partial charge in [0, 0.05) is 24.0 Å². The van der Waals surface area contributed by atoms with E-state index in [1.165, 1.54) is 5.56 Å². The van der Waals surface area contributed by atoms with E-state index in [0.29, 0.717) is 24.9 Å². The summed E-state index contributed by atoms with van der Waals surface area (Å²) >= 11 is 0. The average molecular weight is 313 g/mol. The van der Waals surface area contributed by atoms with Crippen molar-refractivity contribution in [3.05, 3.63) is 47.3 Å². The van der Waals surface area contributed by atoms with E-state index in [2.05, 4.69) is 21.1 Å². The summed E-state index contributed by atoms with van der Waals surface area (Å²) in [5.74, 6) is 2.22. The third-order valence-electron chi connectivity index (χ3n) is 4.33. The molecule has 6 heteroatoms. The number of rotatable bonds is 3. The van der Waals surface area contributed by atoms with E-state index in [1.54, 1.807) is 0 Å². The second-order valence-corrected chi connectivity index (χ2v) is 5.87. The van der Waals surface area contributed by atoms with Crippen molar-refractivity contribution in [2.75, 3.05) is 19.8 Å². The van der Waals surface area contributed by atoms with Crippen molar-refractivity contribution >= 4 is 11.0 Å². The molecule has 1 atom stereocenters. The molecule has 3 heterocycles. The smallest absolute Gasteiger partial charge is 0.246 e. The number of para-hydroxylation sites is 1. The fraction of sp³-hybridized carbons (Fsp3) is 0.412. The van der Waals surface area contributed by atoms with Crippen LogP contribution in [0.15, 0.2) is 33.2 Å². The van der Waals surface area contributed by atoms with Crippen molar-refractivity contribution in [2.24, 2.45) is 0 Å². The number of aryl methyl sites for hydroxylation is 2. The molecule has 1 aliphatic heterocycles. The van der Waals surface area contributed by atoms with Gasteiger partial charge in [-0.1, -0.05) is 23.4 Å². The number of furan rings is 1. The summed E-state index contributed by atoms with van der Waals surface area (Å²) in [6.45, 7) is 6.72. The van der Waals surface area contributed by atoms with Crippen LogP contribution in [0, 0.1) is 13.8 Å². The summed E-state index contributed by atoms with van der Waals surface area (Å²) in [5, 5.41) is 5.07. The minimum absolute atomic E-state index is 0.0157. The van der Waals surface area contributed by atoms with Crippen molar-refractivity contribution in [3.63, 3.8) is 0 Å². The molecule has 1 saturated heterocycles. The highest BCUT2D eigenvalue weighted by Gasteiger charge is 2.30. The van der Waals surface area contributed by atoms with Gasteiger partial charge < -0.3 is 13.7 Å². The number of ether oxygens (including phenoxy) is 1. The Labute approximate surface area is 134 Å². The molecule has 0 unspecified atom stereocenters. The molecule has 0 radical (unpaired) electrons. The Morgan fingerprint density at radius 2 is 2.13 bits per heavy atom. The maximum Gasteiger partial charge on any atom is 0.246 e. The van der Waals surface area contributed by atoms with Crippen LogP contribution in [0.2, 0.25) is 0 Å². The third-order valence-corrected chi connectivity index (χ3v) is 4.33. The minimum Gasteiger partial charge on any atom is -0.461 e. The Morgan fingerprint density at radius 3 is 2.96 bits per heavy atom. The highest BCUT2D eigenvalue weighted by atomic mass is 16.5. The fourth-order valence-electron chi connectivity index (χ4n) is 3.12. The monoisotopic (exact) mass is 313 g/mol. The zero-order valence-electron chi connectivity index (χ0n) is 13.3. The summed E-state index contributed by atoms with van der Waals surface area (Å²) < 4.78 is 16.9. The van der Waals surface area contributed by atoms with Gasteiger partial charge in [0.05, 0.1) is 13.2 Å². The van der Waals surface area contributed by atoms with E-state index >= 15 is 0 Å². The molecule has 1 aliphatic rings. The van der Waals surface area contributed by atoms with Crippen molar-refractivity contribution in [1.82, 2.24) is 15.0 Å². The van der Waals surface area contributed by atoms with Crippen LogP contribution in [-0.4, -0.2) is 34.8 Å². The lowest BCUT2D eigenvalue weighted by Gasteiger charge is -2.33. The Kier molecular flexibility index (Phi) is 3.63. The summed E-state index contributed by atoms with van der Waals surface area (Å²) in [6, 6.07) is 8.13. The molecule has 6 nitrogen and oxygen atoms in total. The molecule has 2 aromatic heterocycles. The SMILES string of the molecule is Cc1noc([C@H]2COCCN2Cc2c(C)oc3ccccc23)n1. The summed E-state index contributed by atoms with van der Waals surface area (Å²) in [4.78, 5) is 6.70. The molecule has 4 rings (SSSR count). The number of aromatic nitrogens is 2. The van der Waals surface area contributed by atoms with Crippen LogP contribution in [0.5, 0.6) is 0 Å². The second kappa shape index (κ2) is 5.79. The summed E-state index contributed by atoms with van der Waals surface area (Å²) in [6.07, 6.45) is 0. The Hall–Kier alpha value is -2.18. The first-order valence-corrected chi connectivity index (χ1v) is 7.81. The number of benzene rings is 1. The molecule has 23 heavy (non-hydrogen) atoms. The van der Waals surface area contributed by atoms with Crippen LogP contribution in [0.1, 0.15) is 29.1 Å².